The Morgan fingerprint density at radius 1 is 1.12 bits per heavy atom. The number of amides is 1. The topological polar surface area (TPSA) is 93.2 Å². The van der Waals surface area contributed by atoms with Gasteiger partial charge in [0.2, 0.25) is 17.7 Å². The van der Waals surface area contributed by atoms with Crippen molar-refractivity contribution in [1.82, 2.24) is 9.97 Å². The Kier molecular flexibility index (Phi) is 6.58. The molecule has 0 fully saturated rings. The molecule has 0 saturated carbocycles. The number of carbonyl (C=O) groups excluding carboxylic acids is 1. The molecule has 4 aromatic rings. The van der Waals surface area contributed by atoms with E-state index in [9.17, 15) is 9.36 Å². The maximum Gasteiger partial charge on any atom is 0.247 e. The van der Waals surface area contributed by atoms with Gasteiger partial charge in [-0.2, -0.15) is 4.98 Å². The van der Waals surface area contributed by atoms with Crippen LogP contribution in [0.25, 0.3) is 10.2 Å². The molecule has 0 unspecified atom stereocenters. The van der Waals surface area contributed by atoms with Gasteiger partial charge in [0.1, 0.15) is 10.4 Å². The number of anilines is 3. The van der Waals surface area contributed by atoms with Gasteiger partial charge in [-0.3, -0.25) is 4.79 Å². The third-order valence-corrected chi connectivity index (χ3v) is 6.57. The summed E-state index contributed by atoms with van der Waals surface area (Å²) in [7, 11) is -2.13. The minimum atomic E-state index is -2.13. The van der Waals surface area contributed by atoms with E-state index in [0.717, 1.165) is 21.5 Å². The van der Waals surface area contributed by atoms with Crippen molar-refractivity contribution in [1.29, 1.82) is 0 Å². The second-order valence-corrected chi connectivity index (χ2v) is 12.2. The second-order valence-electron chi connectivity index (χ2n) is 7.86. The number of rotatable bonds is 8. The minimum Gasteiger partial charge on any atom is -0.437 e. The first kappa shape index (κ1) is 22.7. The van der Waals surface area contributed by atoms with Crippen LogP contribution in [-0.4, -0.2) is 29.2 Å². The van der Waals surface area contributed by atoms with Crippen molar-refractivity contribution in [3.63, 3.8) is 0 Å². The summed E-state index contributed by atoms with van der Waals surface area (Å²) in [6, 6.07) is 16.7. The summed E-state index contributed by atoms with van der Waals surface area (Å²) in [5.74, 6) is 1.05. The average Bonchev–Trinajstić information content (AvgIpc) is 3.23. The van der Waals surface area contributed by atoms with Gasteiger partial charge in [0, 0.05) is 23.6 Å². The zero-order valence-corrected chi connectivity index (χ0v) is 20.0. The van der Waals surface area contributed by atoms with E-state index in [1.807, 2.05) is 35.7 Å². The molecule has 0 aliphatic heterocycles. The molecule has 0 radical (unpaired) electrons. The van der Waals surface area contributed by atoms with Crippen molar-refractivity contribution in [3.05, 3.63) is 78.2 Å². The third kappa shape index (κ3) is 6.06. The molecule has 0 atom stereocenters. The Labute approximate surface area is 195 Å². The lowest BCUT2D eigenvalue weighted by Gasteiger charge is -2.11. The van der Waals surface area contributed by atoms with Crippen LogP contribution in [0.4, 0.5) is 17.3 Å². The standard InChI is InChI=1S/C24H23N4O3PS/c1-4-21(29)25-18-6-5-7-19(14-18)31-23-22-20(12-13-33-22)27-24(28-23)26-17-10-8-16(9-11-17)15-32(2,3)30/h4-14H,1,15H2,2-3H3,(H,25,29)(H,26,27,28). The number of benzene rings is 2. The highest BCUT2D eigenvalue weighted by Gasteiger charge is 2.13. The number of carbonyl (C=O) groups is 1. The number of nitrogens with zero attached hydrogens (tertiary/aromatic N) is 2. The molecule has 0 bridgehead atoms. The van der Waals surface area contributed by atoms with Crippen molar-refractivity contribution in [2.75, 3.05) is 24.0 Å². The first-order chi connectivity index (χ1) is 15.8. The fraction of sp³-hybridized carbons (Fsp3) is 0.125. The van der Waals surface area contributed by atoms with Crippen LogP contribution in [0.3, 0.4) is 0 Å². The Morgan fingerprint density at radius 2 is 1.91 bits per heavy atom. The van der Waals surface area contributed by atoms with Gasteiger partial charge in [0.05, 0.1) is 12.7 Å². The molecule has 1 amide bonds. The smallest absolute Gasteiger partial charge is 0.247 e. The van der Waals surface area contributed by atoms with Crippen LogP contribution in [0.1, 0.15) is 5.56 Å². The van der Waals surface area contributed by atoms with Gasteiger partial charge >= 0.3 is 0 Å². The van der Waals surface area contributed by atoms with Gasteiger partial charge in [-0.1, -0.05) is 24.8 Å². The summed E-state index contributed by atoms with van der Waals surface area (Å²) in [6.45, 7) is 7.03. The molecule has 4 rings (SSSR count). The van der Waals surface area contributed by atoms with Gasteiger partial charge in [-0.05, 0) is 60.7 Å². The van der Waals surface area contributed by atoms with Crippen molar-refractivity contribution in [2.45, 2.75) is 6.16 Å². The molecule has 168 valence electrons. The highest BCUT2D eigenvalue weighted by Crippen LogP contribution is 2.40. The van der Waals surface area contributed by atoms with E-state index in [0.29, 0.717) is 29.4 Å². The maximum absolute atomic E-state index is 12.1. The van der Waals surface area contributed by atoms with Crippen LogP contribution in [0.5, 0.6) is 11.6 Å². The summed E-state index contributed by atoms with van der Waals surface area (Å²) in [6.07, 6.45) is 1.77. The number of hydrogen-bond acceptors (Lipinski definition) is 7. The largest absolute Gasteiger partial charge is 0.437 e. The SMILES string of the molecule is C=CC(=O)Nc1cccc(Oc2nc(Nc3ccc(CP(C)(C)=O)cc3)nc3ccsc23)c1. The zero-order valence-electron chi connectivity index (χ0n) is 18.2. The lowest BCUT2D eigenvalue weighted by Crippen LogP contribution is -2.07. The molecular weight excluding hydrogens is 455 g/mol. The van der Waals surface area contributed by atoms with E-state index in [1.54, 1.807) is 37.6 Å². The first-order valence-corrected chi connectivity index (χ1v) is 13.8. The van der Waals surface area contributed by atoms with Gasteiger partial charge in [-0.25, -0.2) is 4.98 Å². The molecule has 33 heavy (non-hydrogen) atoms. The van der Waals surface area contributed by atoms with Crippen LogP contribution >= 0.6 is 18.5 Å². The van der Waals surface area contributed by atoms with E-state index in [-0.39, 0.29) is 5.91 Å². The third-order valence-electron chi connectivity index (χ3n) is 4.55. The van der Waals surface area contributed by atoms with E-state index in [2.05, 4.69) is 27.2 Å². The number of ether oxygens (including phenoxy) is 1. The predicted molar refractivity (Wildman–Crippen MR) is 136 cm³/mol. The Bertz CT molecular complexity index is 1360. The number of thiophene rings is 1. The van der Waals surface area contributed by atoms with Gasteiger partial charge in [-0.15, -0.1) is 11.3 Å². The monoisotopic (exact) mass is 478 g/mol. The Balaban J connectivity index is 1.57. The van der Waals surface area contributed by atoms with Crippen LogP contribution < -0.4 is 15.4 Å². The van der Waals surface area contributed by atoms with Gasteiger partial charge < -0.3 is 19.9 Å². The van der Waals surface area contributed by atoms with Gasteiger partial charge in [0.25, 0.3) is 0 Å². The molecule has 9 heteroatoms. The summed E-state index contributed by atoms with van der Waals surface area (Å²) < 4.78 is 18.9. The van der Waals surface area contributed by atoms with E-state index in [4.69, 9.17) is 4.74 Å². The molecule has 0 spiro atoms. The zero-order chi connectivity index (χ0) is 23.4. The van der Waals surface area contributed by atoms with E-state index < -0.39 is 7.14 Å². The van der Waals surface area contributed by atoms with Crippen molar-refractivity contribution >= 4 is 51.9 Å². The minimum absolute atomic E-state index is 0.298. The fourth-order valence-corrected chi connectivity index (χ4v) is 5.01. The lowest BCUT2D eigenvalue weighted by molar-refractivity contribution is -0.111. The molecule has 0 aliphatic carbocycles. The van der Waals surface area contributed by atoms with Crippen LogP contribution in [-0.2, 0) is 15.5 Å². The molecule has 2 aromatic carbocycles. The number of aromatic nitrogens is 2. The molecule has 2 heterocycles. The van der Waals surface area contributed by atoms with Crippen molar-refractivity contribution in [2.24, 2.45) is 0 Å². The quantitative estimate of drug-likeness (QED) is 0.223. The maximum atomic E-state index is 12.1. The summed E-state index contributed by atoms with van der Waals surface area (Å²) in [4.78, 5) is 20.7. The molecule has 2 N–H and O–H groups in total. The Morgan fingerprint density at radius 3 is 2.64 bits per heavy atom. The molecule has 0 saturated heterocycles. The van der Waals surface area contributed by atoms with Gasteiger partial charge in [0.15, 0.2) is 0 Å². The highest BCUT2D eigenvalue weighted by molar-refractivity contribution is 7.61. The van der Waals surface area contributed by atoms with Crippen molar-refractivity contribution in [3.8, 4) is 11.6 Å². The molecular formula is C24H23N4O3PS. The Hall–Kier alpha value is -3.48. The molecule has 7 nitrogen and oxygen atoms in total. The van der Waals surface area contributed by atoms with E-state index >= 15 is 0 Å². The molecule has 2 aromatic heterocycles. The second kappa shape index (κ2) is 9.57. The fourth-order valence-electron chi connectivity index (χ4n) is 3.17. The van der Waals surface area contributed by atoms with Crippen molar-refractivity contribution < 1.29 is 14.1 Å². The number of nitrogens with one attached hydrogen (secondary N) is 2. The van der Waals surface area contributed by atoms with Crippen LogP contribution in [0.2, 0.25) is 0 Å². The predicted octanol–water partition coefficient (Wildman–Crippen LogP) is 6.47. The summed E-state index contributed by atoms with van der Waals surface area (Å²) in [5, 5.41) is 7.86. The highest BCUT2D eigenvalue weighted by atomic mass is 32.1. The molecule has 0 aliphatic rings. The number of fused-ring (bicyclic) bond motifs is 1. The first-order valence-electron chi connectivity index (χ1n) is 10.2. The van der Waals surface area contributed by atoms with Crippen LogP contribution in [0, 0.1) is 0 Å². The van der Waals surface area contributed by atoms with Crippen LogP contribution in [0.15, 0.2) is 72.6 Å². The summed E-state index contributed by atoms with van der Waals surface area (Å²) in [5.41, 5.74) is 3.19. The normalized spacial score (nSPS) is 11.2. The summed E-state index contributed by atoms with van der Waals surface area (Å²) >= 11 is 1.49. The lowest BCUT2D eigenvalue weighted by atomic mass is 10.2. The van der Waals surface area contributed by atoms with E-state index in [1.165, 1.54) is 17.4 Å². The average molecular weight is 479 g/mol. The number of hydrogen-bond donors (Lipinski definition) is 2.